The molecule has 0 radical (unpaired) electrons. The molecular formula is C17H28N2O4S2. The van der Waals surface area contributed by atoms with E-state index in [1.807, 2.05) is 20.1 Å². The fourth-order valence-electron chi connectivity index (χ4n) is 1.91. The van der Waals surface area contributed by atoms with Crippen molar-refractivity contribution < 1.29 is 17.9 Å². The molecule has 25 heavy (non-hydrogen) atoms. The van der Waals surface area contributed by atoms with Crippen molar-refractivity contribution in [1.29, 1.82) is 0 Å². The van der Waals surface area contributed by atoms with Crippen molar-refractivity contribution in [1.82, 2.24) is 4.72 Å². The van der Waals surface area contributed by atoms with Crippen molar-refractivity contribution in [2.45, 2.75) is 50.0 Å². The zero-order chi connectivity index (χ0) is 19.0. The van der Waals surface area contributed by atoms with E-state index in [9.17, 15) is 13.2 Å². The van der Waals surface area contributed by atoms with Gasteiger partial charge in [0.05, 0.1) is 16.7 Å². The zero-order valence-corrected chi connectivity index (χ0v) is 17.1. The average Bonchev–Trinajstić information content (AvgIpc) is 2.53. The van der Waals surface area contributed by atoms with Gasteiger partial charge in [-0.1, -0.05) is 13.8 Å². The minimum absolute atomic E-state index is 0.128. The molecule has 0 fully saturated rings. The molecule has 0 aromatic heterocycles. The van der Waals surface area contributed by atoms with Crippen LogP contribution in [0.15, 0.2) is 28.0 Å². The van der Waals surface area contributed by atoms with Crippen LogP contribution in [0.25, 0.3) is 0 Å². The second kappa shape index (κ2) is 10.2. The van der Waals surface area contributed by atoms with Gasteiger partial charge in [0.15, 0.2) is 0 Å². The molecule has 0 saturated carbocycles. The van der Waals surface area contributed by atoms with Crippen LogP contribution in [0.5, 0.6) is 0 Å². The van der Waals surface area contributed by atoms with E-state index in [0.29, 0.717) is 25.3 Å². The normalized spacial score (nSPS) is 12.0. The molecule has 0 aliphatic heterocycles. The van der Waals surface area contributed by atoms with Crippen molar-refractivity contribution in [2.75, 3.05) is 24.7 Å². The fourth-order valence-corrected chi connectivity index (χ4v) is 3.54. The zero-order valence-electron chi connectivity index (χ0n) is 15.5. The molecule has 8 heteroatoms. The van der Waals surface area contributed by atoms with Crippen LogP contribution in [-0.4, -0.2) is 39.8 Å². The Morgan fingerprint density at radius 1 is 1.24 bits per heavy atom. The summed E-state index contributed by atoms with van der Waals surface area (Å²) >= 11 is 1.45. The standard InChI is InChI=1S/C17H28N2O4S2/c1-12(2)17(20)19-15-11-14(7-8-16(15)24-5)25(21,22)18-9-6-10-23-13(3)4/h7-8,11-13,18H,6,9-10H2,1-5H3,(H,19,20). The topological polar surface area (TPSA) is 84.5 Å². The maximum absolute atomic E-state index is 12.4. The first-order valence-electron chi connectivity index (χ1n) is 8.27. The molecule has 0 saturated heterocycles. The van der Waals surface area contributed by atoms with Crippen LogP contribution in [0, 0.1) is 5.92 Å². The van der Waals surface area contributed by atoms with E-state index in [0.717, 1.165) is 4.90 Å². The van der Waals surface area contributed by atoms with Gasteiger partial charge in [-0.3, -0.25) is 4.79 Å². The smallest absolute Gasteiger partial charge is 0.240 e. The fraction of sp³-hybridized carbons (Fsp3) is 0.588. The summed E-state index contributed by atoms with van der Waals surface area (Å²) in [4.78, 5) is 12.9. The Morgan fingerprint density at radius 3 is 2.48 bits per heavy atom. The summed E-state index contributed by atoms with van der Waals surface area (Å²) in [5, 5.41) is 2.79. The van der Waals surface area contributed by atoms with E-state index in [1.54, 1.807) is 26.0 Å². The van der Waals surface area contributed by atoms with Crippen LogP contribution in [0.1, 0.15) is 34.1 Å². The number of amides is 1. The number of carbonyl (C=O) groups excluding carboxylic acids is 1. The molecule has 142 valence electrons. The molecule has 0 heterocycles. The number of anilines is 1. The summed E-state index contributed by atoms with van der Waals surface area (Å²) in [6.07, 6.45) is 2.60. The lowest BCUT2D eigenvalue weighted by Gasteiger charge is -2.14. The van der Waals surface area contributed by atoms with E-state index < -0.39 is 10.0 Å². The number of hydrogen-bond acceptors (Lipinski definition) is 5. The Morgan fingerprint density at radius 2 is 1.92 bits per heavy atom. The number of thioether (sulfide) groups is 1. The van der Waals surface area contributed by atoms with E-state index in [2.05, 4.69) is 10.0 Å². The minimum atomic E-state index is -3.63. The maximum atomic E-state index is 12.4. The average molecular weight is 389 g/mol. The Hall–Kier alpha value is -1.09. The van der Waals surface area contributed by atoms with Gasteiger partial charge in [-0.2, -0.15) is 0 Å². The maximum Gasteiger partial charge on any atom is 0.240 e. The first kappa shape index (κ1) is 22.0. The Bertz CT molecular complexity index is 673. The number of rotatable bonds is 10. The number of ether oxygens (including phenoxy) is 1. The highest BCUT2D eigenvalue weighted by Gasteiger charge is 2.17. The molecule has 0 unspecified atom stereocenters. The third kappa shape index (κ3) is 7.35. The summed E-state index contributed by atoms with van der Waals surface area (Å²) in [6, 6.07) is 4.75. The lowest BCUT2D eigenvalue weighted by molar-refractivity contribution is -0.118. The largest absolute Gasteiger partial charge is 0.379 e. The van der Waals surface area contributed by atoms with E-state index >= 15 is 0 Å². The van der Waals surface area contributed by atoms with Crippen molar-refractivity contribution >= 4 is 33.4 Å². The summed E-state index contributed by atoms with van der Waals surface area (Å²) in [7, 11) is -3.63. The quantitative estimate of drug-likeness (QED) is 0.475. The Labute approximate surface area is 155 Å². The molecule has 2 N–H and O–H groups in total. The van der Waals surface area contributed by atoms with Crippen molar-refractivity contribution in [3.05, 3.63) is 18.2 Å². The second-order valence-corrected chi connectivity index (χ2v) is 8.79. The van der Waals surface area contributed by atoms with Crippen LogP contribution in [0.2, 0.25) is 0 Å². The lowest BCUT2D eigenvalue weighted by Crippen LogP contribution is -2.26. The number of benzene rings is 1. The first-order chi connectivity index (χ1) is 11.7. The third-order valence-corrected chi connectivity index (χ3v) is 5.58. The summed E-state index contributed by atoms with van der Waals surface area (Å²) in [5.41, 5.74) is 0.511. The summed E-state index contributed by atoms with van der Waals surface area (Å²) < 4.78 is 32.8. The molecule has 0 spiro atoms. The molecule has 1 amide bonds. The van der Waals surface area contributed by atoms with Gasteiger partial charge >= 0.3 is 0 Å². The highest BCUT2D eigenvalue weighted by atomic mass is 32.2. The number of hydrogen-bond donors (Lipinski definition) is 2. The van der Waals surface area contributed by atoms with Crippen LogP contribution in [0.4, 0.5) is 5.69 Å². The third-order valence-electron chi connectivity index (χ3n) is 3.33. The molecule has 0 bridgehead atoms. The van der Waals surface area contributed by atoms with Gasteiger partial charge < -0.3 is 10.1 Å². The minimum Gasteiger partial charge on any atom is -0.379 e. The van der Waals surface area contributed by atoms with Gasteiger partial charge in [0.1, 0.15) is 0 Å². The van der Waals surface area contributed by atoms with Crippen LogP contribution >= 0.6 is 11.8 Å². The molecular weight excluding hydrogens is 360 g/mol. The first-order valence-corrected chi connectivity index (χ1v) is 11.0. The molecule has 0 atom stereocenters. The van der Waals surface area contributed by atoms with Crippen LogP contribution in [0.3, 0.4) is 0 Å². The van der Waals surface area contributed by atoms with Crippen molar-refractivity contribution in [2.24, 2.45) is 5.92 Å². The molecule has 1 rings (SSSR count). The van der Waals surface area contributed by atoms with Gasteiger partial charge in [0.25, 0.3) is 0 Å². The SMILES string of the molecule is CSc1ccc(S(=O)(=O)NCCCOC(C)C)cc1NC(=O)C(C)C. The molecule has 1 aromatic carbocycles. The van der Waals surface area contributed by atoms with Crippen molar-refractivity contribution in [3.8, 4) is 0 Å². The van der Waals surface area contributed by atoms with Gasteiger partial charge in [-0.25, -0.2) is 13.1 Å². The predicted molar refractivity (Wildman–Crippen MR) is 103 cm³/mol. The van der Waals surface area contributed by atoms with Gasteiger partial charge in [0, 0.05) is 24.0 Å². The van der Waals surface area contributed by atoms with Crippen LogP contribution < -0.4 is 10.0 Å². The number of sulfonamides is 1. The van der Waals surface area contributed by atoms with Gasteiger partial charge in [-0.05, 0) is 44.7 Å². The highest BCUT2D eigenvalue weighted by Crippen LogP contribution is 2.28. The number of carbonyl (C=O) groups is 1. The predicted octanol–water partition coefficient (Wildman–Crippen LogP) is 3.10. The molecule has 1 aromatic rings. The highest BCUT2D eigenvalue weighted by molar-refractivity contribution is 7.98. The Balaban J connectivity index is 2.83. The van der Waals surface area contributed by atoms with Gasteiger partial charge in [0.2, 0.25) is 15.9 Å². The van der Waals surface area contributed by atoms with E-state index in [4.69, 9.17) is 4.74 Å². The monoisotopic (exact) mass is 388 g/mol. The summed E-state index contributed by atoms with van der Waals surface area (Å²) in [6.45, 7) is 8.24. The summed E-state index contributed by atoms with van der Waals surface area (Å²) in [5.74, 6) is -0.335. The van der Waals surface area contributed by atoms with E-state index in [-0.39, 0.29) is 22.8 Å². The molecule has 0 aliphatic rings. The number of nitrogens with one attached hydrogen (secondary N) is 2. The Kier molecular flexibility index (Phi) is 8.92. The second-order valence-electron chi connectivity index (χ2n) is 6.18. The van der Waals surface area contributed by atoms with Crippen LogP contribution in [-0.2, 0) is 19.6 Å². The lowest BCUT2D eigenvalue weighted by atomic mass is 10.2. The van der Waals surface area contributed by atoms with Crippen molar-refractivity contribution in [3.63, 3.8) is 0 Å². The molecule has 0 aliphatic carbocycles. The van der Waals surface area contributed by atoms with Gasteiger partial charge in [-0.15, -0.1) is 11.8 Å². The van der Waals surface area contributed by atoms with E-state index in [1.165, 1.54) is 17.8 Å². The molecule has 6 nitrogen and oxygen atoms in total.